The Morgan fingerprint density at radius 2 is 2.07 bits per heavy atom. The molecule has 2 N–H and O–H groups in total. The van der Waals surface area contributed by atoms with Crippen molar-refractivity contribution in [1.82, 2.24) is 10.2 Å². The van der Waals surface area contributed by atoms with Crippen LogP contribution in [-0.4, -0.2) is 41.1 Å². The van der Waals surface area contributed by atoms with Crippen molar-refractivity contribution in [2.24, 2.45) is 5.92 Å². The fourth-order valence-corrected chi connectivity index (χ4v) is 1.92. The number of nitrogens with one attached hydrogen (secondary N) is 1. The van der Waals surface area contributed by atoms with Gasteiger partial charge in [-0.1, -0.05) is 0 Å². The Balaban J connectivity index is 1.84. The second-order valence-electron chi connectivity index (χ2n) is 4.32. The van der Waals surface area contributed by atoms with E-state index in [1.807, 2.05) is 0 Å². The van der Waals surface area contributed by atoms with Crippen LogP contribution in [0.2, 0.25) is 0 Å². The van der Waals surface area contributed by atoms with E-state index in [1.54, 1.807) is 0 Å². The lowest BCUT2D eigenvalue weighted by molar-refractivity contribution is -0.141. The summed E-state index contributed by atoms with van der Waals surface area (Å²) in [6.07, 6.45) is 3.73. The largest absolute Gasteiger partial charge is 0.480 e. The number of carboxylic acids is 1. The molecule has 2 amide bonds. The molecule has 1 unspecified atom stereocenters. The SMILES string of the molecule is O=C(O)C1CCCN1C(=O)NCC1CC1. The maximum atomic E-state index is 11.6. The monoisotopic (exact) mass is 212 g/mol. The minimum atomic E-state index is -0.894. The van der Waals surface area contributed by atoms with E-state index < -0.39 is 12.0 Å². The van der Waals surface area contributed by atoms with Gasteiger partial charge in [0.2, 0.25) is 0 Å². The van der Waals surface area contributed by atoms with E-state index in [1.165, 1.54) is 17.7 Å². The number of urea groups is 1. The maximum Gasteiger partial charge on any atom is 0.326 e. The minimum absolute atomic E-state index is 0.216. The number of carbonyl (C=O) groups is 2. The van der Waals surface area contributed by atoms with Crippen molar-refractivity contribution in [3.8, 4) is 0 Å². The fraction of sp³-hybridized carbons (Fsp3) is 0.800. The highest BCUT2D eigenvalue weighted by Gasteiger charge is 2.34. The molecule has 15 heavy (non-hydrogen) atoms. The molecule has 1 aliphatic heterocycles. The summed E-state index contributed by atoms with van der Waals surface area (Å²) in [7, 11) is 0. The van der Waals surface area contributed by atoms with Crippen LogP contribution in [0.3, 0.4) is 0 Å². The third-order valence-corrected chi connectivity index (χ3v) is 3.04. The topological polar surface area (TPSA) is 69.6 Å². The second kappa shape index (κ2) is 4.08. The van der Waals surface area contributed by atoms with Crippen molar-refractivity contribution in [3.63, 3.8) is 0 Å². The zero-order chi connectivity index (χ0) is 10.8. The van der Waals surface area contributed by atoms with Gasteiger partial charge in [0, 0.05) is 13.1 Å². The Hall–Kier alpha value is -1.26. The average molecular weight is 212 g/mol. The summed E-state index contributed by atoms with van der Waals surface area (Å²) in [5.41, 5.74) is 0. The molecule has 1 aliphatic carbocycles. The minimum Gasteiger partial charge on any atom is -0.480 e. The van der Waals surface area contributed by atoms with Gasteiger partial charge in [0.05, 0.1) is 0 Å². The molecule has 84 valence electrons. The second-order valence-corrected chi connectivity index (χ2v) is 4.32. The number of amides is 2. The molecular formula is C10H16N2O3. The molecule has 1 atom stereocenters. The van der Waals surface area contributed by atoms with Crippen LogP contribution in [0.1, 0.15) is 25.7 Å². The Kier molecular flexibility index (Phi) is 2.79. The Morgan fingerprint density at radius 1 is 1.33 bits per heavy atom. The molecule has 1 saturated carbocycles. The predicted molar refractivity (Wildman–Crippen MR) is 53.5 cm³/mol. The summed E-state index contributed by atoms with van der Waals surface area (Å²) >= 11 is 0. The van der Waals surface area contributed by atoms with Crippen LogP contribution in [0, 0.1) is 5.92 Å². The van der Waals surface area contributed by atoms with Gasteiger partial charge in [-0.25, -0.2) is 9.59 Å². The summed E-state index contributed by atoms with van der Waals surface area (Å²) in [4.78, 5) is 23.9. The lowest BCUT2D eigenvalue weighted by atomic mass is 10.2. The van der Waals surface area contributed by atoms with Gasteiger partial charge in [-0.15, -0.1) is 0 Å². The van der Waals surface area contributed by atoms with Crippen molar-refractivity contribution in [2.75, 3.05) is 13.1 Å². The van der Waals surface area contributed by atoms with E-state index in [9.17, 15) is 9.59 Å². The third-order valence-electron chi connectivity index (χ3n) is 3.04. The van der Waals surface area contributed by atoms with E-state index in [0.717, 1.165) is 6.42 Å². The van der Waals surface area contributed by atoms with Gasteiger partial charge in [-0.2, -0.15) is 0 Å². The number of aliphatic carboxylic acids is 1. The highest BCUT2D eigenvalue weighted by molar-refractivity contribution is 5.83. The van der Waals surface area contributed by atoms with E-state index >= 15 is 0 Å². The van der Waals surface area contributed by atoms with Crippen LogP contribution in [0.5, 0.6) is 0 Å². The standard InChI is InChI=1S/C10H16N2O3/c13-9(14)8-2-1-5-12(8)10(15)11-6-7-3-4-7/h7-8H,1-6H2,(H,11,15)(H,13,14). The molecule has 0 spiro atoms. The predicted octanol–water partition coefficient (Wildman–Crippen LogP) is 0.655. The lowest BCUT2D eigenvalue weighted by Crippen LogP contribution is -2.46. The molecule has 0 aromatic heterocycles. The number of likely N-dealkylation sites (tertiary alicyclic amines) is 1. The van der Waals surface area contributed by atoms with Gasteiger partial charge < -0.3 is 15.3 Å². The van der Waals surface area contributed by atoms with Crippen LogP contribution < -0.4 is 5.32 Å². The molecule has 2 rings (SSSR count). The molecule has 5 heteroatoms. The number of carbonyl (C=O) groups excluding carboxylic acids is 1. The number of rotatable bonds is 3. The maximum absolute atomic E-state index is 11.6. The first-order valence-electron chi connectivity index (χ1n) is 5.46. The molecule has 2 fully saturated rings. The summed E-state index contributed by atoms with van der Waals surface area (Å²) < 4.78 is 0. The number of carboxylic acid groups (broad SMARTS) is 1. The first kappa shape index (κ1) is 10.3. The summed E-state index contributed by atoms with van der Waals surface area (Å²) in [5, 5.41) is 11.7. The summed E-state index contributed by atoms with van der Waals surface area (Å²) in [6, 6.07) is -0.837. The Labute approximate surface area is 88.4 Å². The van der Waals surface area contributed by atoms with Crippen LogP contribution >= 0.6 is 0 Å². The van der Waals surface area contributed by atoms with Crippen molar-refractivity contribution in [3.05, 3.63) is 0 Å². The van der Waals surface area contributed by atoms with Crippen molar-refractivity contribution in [2.45, 2.75) is 31.7 Å². The van der Waals surface area contributed by atoms with Crippen molar-refractivity contribution < 1.29 is 14.7 Å². The molecule has 0 radical (unpaired) electrons. The molecule has 1 saturated heterocycles. The van der Waals surface area contributed by atoms with Gasteiger partial charge in [0.15, 0.2) is 0 Å². The highest BCUT2D eigenvalue weighted by atomic mass is 16.4. The van der Waals surface area contributed by atoms with Crippen molar-refractivity contribution in [1.29, 1.82) is 0 Å². The van der Waals surface area contributed by atoms with Crippen LogP contribution in [0.4, 0.5) is 4.79 Å². The lowest BCUT2D eigenvalue weighted by Gasteiger charge is -2.21. The molecule has 0 aromatic rings. The van der Waals surface area contributed by atoms with Gasteiger partial charge in [-0.05, 0) is 31.6 Å². The van der Waals surface area contributed by atoms with Crippen LogP contribution in [-0.2, 0) is 4.79 Å². The van der Waals surface area contributed by atoms with Gasteiger partial charge in [0.1, 0.15) is 6.04 Å². The molecule has 1 heterocycles. The summed E-state index contributed by atoms with van der Waals surface area (Å²) in [5.74, 6) is -0.270. The Bertz CT molecular complexity index is 276. The summed E-state index contributed by atoms with van der Waals surface area (Å²) in [6.45, 7) is 1.26. The van der Waals surface area contributed by atoms with Gasteiger partial charge in [-0.3, -0.25) is 0 Å². The third kappa shape index (κ3) is 2.40. The molecule has 5 nitrogen and oxygen atoms in total. The van der Waals surface area contributed by atoms with E-state index in [0.29, 0.717) is 25.4 Å². The fourth-order valence-electron chi connectivity index (χ4n) is 1.92. The highest BCUT2D eigenvalue weighted by Crippen LogP contribution is 2.27. The smallest absolute Gasteiger partial charge is 0.326 e. The zero-order valence-corrected chi connectivity index (χ0v) is 8.61. The van der Waals surface area contributed by atoms with Gasteiger partial charge in [0.25, 0.3) is 0 Å². The molecule has 2 aliphatic rings. The van der Waals surface area contributed by atoms with Crippen molar-refractivity contribution >= 4 is 12.0 Å². The zero-order valence-electron chi connectivity index (χ0n) is 8.61. The first-order chi connectivity index (χ1) is 7.18. The number of hydrogen-bond donors (Lipinski definition) is 2. The van der Waals surface area contributed by atoms with Crippen LogP contribution in [0.15, 0.2) is 0 Å². The van der Waals surface area contributed by atoms with Crippen LogP contribution in [0.25, 0.3) is 0 Å². The number of hydrogen-bond acceptors (Lipinski definition) is 2. The van der Waals surface area contributed by atoms with Gasteiger partial charge >= 0.3 is 12.0 Å². The Morgan fingerprint density at radius 3 is 2.67 bits per heavy atom. The quantitative estimate of drug-likeness (QED) is 0.721. The molecular weight excluding hydrogens is 196 g/mol. The molecule has 0 aromatic carbocycles. The normalized spacial score (nSPS) is 25.3. The van der Waals surface area contributed by atoms with E-state index in [-0.39, 0.29) is 6.03 Å². The molecule has 0 bridgehead atoms. The van der Waals surface area contributed by atoms with E-state index in [2.05, 4.69) is 5.32 Å². The number of nitrogens with zero attached hydrogens (tertiary/aromatic N) is 1. The average Bonchev–Trinajstić information content (AvgIpc) is 2.88. The first-order valence-corrected chi connectivity index (χ1v) is 5.46. The van der Waals surface area contributed by atoms with E-state index in [4.69, 9.17) is 5.11 Å².